The molecule has 1 heterocycles. The molecule has 2 unspecified atom stereocenters. The third-order valence-corrected chi connectivity index (χ3v) is 6.14. The van der Waals surface area contributed by atoms with Crippen molar-refractivity contribution in [2.24, 2.45) is 22.2 Å². The third kappa shape index (κ3) is 1.95. The van der Waals surface area contributed by atoms with Crippen LogP contribution in [0.4, 0.5) is 0 Å². The van der Waals surface area contributed by atoms with Crippen LogP contribution >= 0.6 is 0 Å². The van der Waals surface area contributed by atoms with Crippen LogP contribution in [0.15, 0.2) is 0 Å². The van der Waals surface area contributed by atoms with E-state index >= 15 is 0 Å². The molecule has 2 atom stereocenters. The van der Waals surface area contributed by atoms with E-state index in [1.54, 1.807) is 0 Å². The number of rotatable bonds is 1. The minimum Gasteiger partial charge on any atom is -0.375 e. The maximum Gasteiger partial charge on any atom is 0.0632 e. The monoisotopic (exact) mass is 238 g/mol. The molecule has 0 spiro atoms. The van der Waals surface area contributed by atoms with Crippen molar-refractivity contribution in [3.63, 3.8) is 0 Å². The van der Waals surface area contributed by atoms with Crippen molar-refractivity contribution in [1.29, 1.82) is 0 Å². The third-order valence-electron chi connectivity index (χ3n) is 6.14. The Kier molecular flexibility index (Phi) is 2.75. The van der Waals surface area contributed by atoms with Gasteiger partial charge in [-0.25, -0.2) is 0 Å². The van der Waals surface area contributed by atoms with Crippen LogP contribution in [0.2, 0.25) is 0 Å². The van der Waals surface area contributed by atoms with Crippen molar-refractivity contribution in [2.75, 3.05) is 6.61 Å². The first-order valence-corrected chi connectivity index (χ1v) is 7.14. The molecule has 1 aliphatic carbocycles. The molecule has 0 bridgehead atoms. The summed E-state index contributed by atoms with van der Waals surface area (Å²) in [7, 11) is 0. The minimum absolute atomic E-state index is 0.0809. The van der Waals surface area contributed by atoms with Gasteiger partial charge < -0.3 is 4.74 Å². The standard InChI is InChI=1S/C16H30O/c1-13(2)9-8-12(15(13,5)6)16(7)10-14(3,4)17-11-16/h12H,8-11H2,1-7H3. The van der Waals surface area contributed by atoms with Gasteiger partial charge in [-0.3, -0.25) is 0 Å². The van der Waals surface area contributed by atoms with Crippen LogP contribution in [0.3, 0.4) is 0 Å². The van der Waals surface area contributed by atoms with Gasteiger partial charge in [-0.1, -0.05) is 34.6 Å². The quantitative estimate of drug-likeness (QED) is 0.646. The first kappa shape index (κ1) is 13.4. The van der Waals surface area contributed by atoms with Gasteiger partial charge in [-0.2, -0.15) is 0 Å². The second kappa shape index (κ2) is 3.50. The highest BCUT2D eigenvalue weighted by Crippen LogP contribution is 2.63. The fraction of sp³-hybridized carbons (Fsp3) is 1.00. The molecule has 2 aliphatic rings. The maximum absolute atomic E-state index is 6.03. The number of hydrogen-bond acceptors (Lipinski definition) is 1. The van der Waals surface area contributed by atoms with Gasteiger partial charge in [-0.05, 0) is 55.3 Å². The number of ether oxygens (including phenoxy) is 1. The van der Waals surface area contributed by atoms with Crippen LogP contribution in [-0.2, 0) is 4.74 Å². The highest BCUT2D eigenvalue weighted by Gasteiger charge is 2.57. The SMILES string of the molecule is CC1(C)CC(C)(C2CCC(C)(C)C2(C)C)CO1. The highest BCUT2D eigenvalue weighted by molar-refractivity contribution is 5.06. The Bertz CT molecular complexity index is 313. The highest BCUT2D eigenvalue weighted by atomic mass is 16.5. The van der Waals surface area contributed by atoms with Gasteiger partial charge in [0.1, 0.15) is 0 Å². The molecule has 2 rings (SSSR count). The summed E-state index contributed by atoms with van der Waals surface area (Å²) in [5, 5.41) is 0. The van der Waals surface area contributed by atoms with E-state index in [1.165, 1.54) is 19.3 Å². The van der Waals surface area contributed by atoms with Crippen LogP contribution in [0.5, 0.6) is 0 Å². The lowest BCUT2D eigenvalue weighted by molar-refractivity contribution is 0.00507. The lowest BCUT2D eigenvalue weighted by Gasteiger charge is -2.45. The van der Waals surface area contributed by atoms with Crippen molar-refractivity contribution < 1.29 is 4.74 Å². The molecule has 1 saturated carbocycles. The summed E-state index contributed by atoms with van der Waals surface area (Å²) < 4.78 is 6.03. The molecule has 1 saturated heterocycles. The molecule has 0 amide bonds. The predicted octanol–water partition coefficient (Wildman–Crippen LogP) is 4.65. The van der Waals surface area contributed by atoms with E-state index in [4.69, 9.17) is 4.74 Å². The van der Waals surface area contributed by atoms with Gasteiger partial charge in [0, 0.05) is 0 Å². The molecule has 17 heavy (non-hydrogen) atoms. The van der Waals surface area contributed by atoms with E-state index in [1.807, 2.05) is 0 Å². The molecule has 0 aromatic heterocycles. The zero-order chi connectivity index (χ0) is 13.1. The zero-order valence-corrected chi connectivity index (χ0v) is 12.8. The first-order chi connectivity index (χ1) is 7.50. The fourth-order valence-corrected chi connectivity index (χ4v) is 4.54. The van der Waals surface area contributed by atoms with E-state index in [2.05, 4.69) is 48.5 Å². The molecule has 100 valence electrons. The average molecular weight is 238 g/mol. The van der Waals surface area contributed by atoms with E-state index in [0.29, 0.717) is 16.2 Å². The molecule has 0 aromatic rings. The topological polar surface area (TPSA) is 9.23 Å². The van der Waals surface area contributed by atoms with E-state index in [9.17, 15) is 0 Å². The molecule has 1 nitrogen and oxygen atoms in total. The van der Waals surface area contributed by atoms with Gasteiger partial charge >= 0.3 is 0 Å². The summed E-state index contributed by atoms with van der Waals surface area (Å²) in [6.45, 7) is 17.7. The van der Waals surface area contributed by atoms with Gasteiger partial charge in [0.25, 0.3) is 0 Å². The molecule has 1 aliphatic heterocycles. The first-order valence-electron chi connectivity index (χ1n) is 7.14. The normalized spacial score (nSPS) is 42.9. The Balaban J connectivity index is 2.25. The Morgan fingerprint density at radius 1 is 0.941 bits per heavy atom. The van der Waals surface area contributed by atoms with Crippen LogP contribution < -0.4 is 0 Å². The molecule has 0 radical (unpaired) electrons. The molecule has 2 fully saturated rings. The zero-order valence-electron chi connectivity index (χ0n) is 12.8. The van der Waals surface area contributed by atoms with E-state index in [-0.39, 0.29) is 5.60 Å². The fourth-order valence-electron chi connectivity index (χ4n) is 4.54. The van der Waals surface area contributed by atoms with Gasteiger partial charge in [0.2, 0.25) is 0 Å². The van der Waals surface area contributed by atoms with Crippen LogP contribution in [0.1, 0.15) is 67.7 Å². The summed E-state index contributed by atoms with van der Waals surface area (Å²) in [6.07, 6.45) is 3.95. The van der Waals surface area contributed by atoms with Gasteiger partial charge in [0.05, 0.1) is 12.2 Å². The van der Waals surface area contributed by atoms with E-state index < -0.39 is 0 Å². The van der Waals surface area contributed by atoms with Gasteiger partial charge in [0.15, 0.2) is 0 Å². The van der Waals surface area contributed by atoms with Crippen molar-refractivity contribution in [2.45, 2.75) is 73.3 Å². The van der Waals surface area contributed by atoms with E-state index in [0.717, 1.165) is 12.5 Å². The smallest absolute Gasteiger partial charge is 0.0632 e. The van der Waals surface area contributed by atoms with Crippen LogP contribution in [0.25, 0.3) is 0 Å². The molecule has 1 heteroatoms. The molecule has 0 aromatic carbocycles. The minimum atomic E-state index is 0.0809. The second-order valence-corrected chi connectivity index (χ2v) is 8.58. The maximum atomic E-state index is 6.03. The Labute approximate surface area is 107 Å². The second-order valence-electron chi connectivity index (χ2n) is 8.58. The summed E-state index contributed by atoms with van der Waals surface area (Å²) >= 11 is 0. The Morgan fingerprint density at radius 3 is 1.88 bits per heavy atom. The van der Waals surface area contributed by atoms with Crippen molar-refractivity contribution in [3.05, 3.63) is 0 Å². The lowest BCUT2D eigenvalue weighted by atomic mass is 9.58. The Hall–Kier alpha value is -0.0400. The van der Waals surface area contributed by atoms with Crippen LogP contribution in [0, 0.1) is 22.2 Å². The molecular weight excluding hydrogens is 208 g/mol. The Morgan fingerprint density at radius 2 is 1.53 bits per heavy atom. The van der Waals surface area contributed by atoms with Crippen molar-refractivity contribution >= 4 is 0 Å². The summed E-state index contributed by atoms with van der Waals surface area (Å²) in [5.41, 5.74) is 1.34. The largest absolute Gasteiger partial charge is 0.375 e. The average Bonchev–Trinajstić information content (AvgIpc) is 2.50. The lowest BCUT2D eigenvalue weighted by Crippen LogP contribution is -2.41. The predicted molar refractivity (Wildman–Crippen MR) is 73.0 cm³/mol. The summed E-state index contributed by atoms with van der Waals surface area (Å²) in [5.74, 6) is 0.798. The van der Waals surface area contributed by atoms with Gasteiger partial charge in [-0.15, -0.1) is 0 Å². The van der Waals surface area contributed by atoms with Crippen molar-refractivity contribution in [3.8, 4) is 0 Å². The number of hydrogen-bond donors (Lipinski definition) is 0. The van der Waals surface area contributed by atoms with Crippen molar-refractivity contribution in [1.82, 2.24) is 0 Å². The summed E-state index contributed by atoms with van der Waals surface area (Å²) in [6, 6.07) is 0. The molecule has 0 N–H and O–H groups in total. The van der Waals surface area contributed by atoms with Crippen LogP contribution in [-0.4, -0.2) is 12.2 Å². The molecular formula is C16H30O. The summed E-state index contributed by atoms with van der Waals surface area (Å²) in [4.78, 5) is 0.